The highest BCUT2D eigenvalue weighted by Gasteiger charge is 2.40. The van der Waals surface area contributed by atoms with Gasteiger partial charge in [0.1, 0.15) is 23.7 Å². The lowest BCUT2D eigenvalue weighted by Crippen LogP contribution is -2.54. The van der Waals surface area contributed by atoms with Crippen LogP contribution in [0.5, 0.6) is 0 Å². The van der Waals surface area contributed by atoms with E-state index in [0.29, 0.717) is 13.1 Å². The molecule has 0 saturated carbocycles. The molecule has 6 atom stereocenters. The molecular weight excluding hydrogens is 865 g/mol. The maximum Gasteiger partial charge on any atom is 0.407 e. The van der Waals surface area contributed by atoms with Gasteiger partial charge in [0.15, 0.2) is 0 Å². The summed E-state index contributed by atoms with van der Waals surface area (Å²) in [6, 6.07) is 24.1. The number of carbonyl (C=O) groups excluding carboxylic acids is 4. The molecule has 68 heavy (non-hydrogen) atoms. The monoisotopic (exact) mass is 924 g/mol. The van der Waals surface area contributed by atoms with E-state index in [1.807, 2.05) is 0 Å². The fourth-order valence-corrected chi connectivity index (χ4v) is 10.2. The topological polar surface area (TPSA) is 193 Å². The molecule has 16 nitrogen and oxygen atoms in total. The van der Waals surface area contributed by atoms with Crippen LogP contribution in [0.4, 0.5) is 9.59 Å². The van der Waals surface area contributed by atoms with E-state index in [1.165, 1.54) is 61.8 Å². The van der Waals surface area contributed by atoms with E-state index in [4.69, 9.17) is 28.9 Å². The summed E-state index contributed by atoms with van der Waals surface area (Å²) < 4.78 is 20.6. The van der Waals surface area contributed by atoms with E-state index in [0.717, 1.165) is 96.2 Å². The first-order valence-corrected chi connectivity index (χ1v) is 23.6. The Labute approximate surface area is 395 Å². The summed E-state index contributed by atoms with van der Waals surface area (Å²) in [7, 11) is 5.57. The number of nitrogens with zero attached hydrogens (tertiary/aromatic N) is 4. The number of alkyl carbamates (subject to hydrolysis) is 2. The van der Waals surface area contributed by atoms with Gasteiger partial charge in [-0.25, -0.2) is 19.6 Å². The van der Waals surface area contributed by atoms with Gasteiger partial charge in [-0.3, -0.25) is 9.59 Å². The van der Waals surface area contributed by atoms with Crippen LogP contribution < -0.4 is 10.6 Å². The van der Waals surface area contributed by atoms with Gasteiger partial charge in [-0.2, -0.15) is 0 Å². The number of ether oxygens (including phenoxy) is 4. The number of aryl methyl sites for hydroxylation is 4. The molecule has 0 radical (unpaired) electrons. The van der Waals surface area contributed by atoms with Gasteiger partial charge in [-0.15, -0.1) is 0 Å². The number of amides is 4. The van der Waals surface area contributed by atoms with Crippen molar-refractivity contribution in [2.75, 3.05) is 41.5 Å². The van der Waals surface area contributed by atoms with Crippen molar-refractivity contribution < 1.29 is 38.1 Å². The normalized spacial score (nSPS) is 18.8. The number of carbonyl (C=O) groups is 4. The van der Waals surface area contributed by atoms with Crippen LogP contribution in [0.15, 0.2) is 72.8 Å². The molecule has 4 aromatic carbocycles. The Hall–Kier alpha value is -6.78. The standard InChI is InChI=1S/C52H60N8O8/c1-29(65-3)45(57-51(63)67-5)49(61)59-23-7-9-43(59)47-53-39-21-19-35(27-41(39)55-47)37-25-31-11-15-33(37)17-13-32-12-16-34(18-14-31)38(26-32)36-20-22-40-42(28-36)56-48(54-40)44-10-8-24-60(44)50(62)46(30(2)66-4)58-52(64)68-6/h11-12,15-16,19-22,25-30,43-46H,7-10,13-14,17-18,23-24H2,1-6H3,(H,53,55)(H,54,56)(H,57,63)(H,58,64)/t29-,30-,43+,44+,45+,46?/m1/s1. The summed E-state index contributed by atoms with van der Waals surface area (Å²) in [5.74, 6) is 0.966. The molecule has 2 fully saturated rings. The van der Waals surface area contributed by atoms with Gasteiger partial charge < -0.3 is 49.3 Å². The summed E-state index contributed by atoms with van der Waals surface area (Å²) in [6.45, 7) is 4.59. The van der Waals surface area contributed by atoms with Gasteiger partial charge in [-0.05, 0) is 134 Å². The van der Waals surface area contributed by atoms with Crippen molar-refractivity contribution in [3.05, 3.63) is 107 Å². The minimum Gasteiger partial charge on any atom is -0.453 e. The lowest BCUT2D eigenvalue weighted by Gasteiger charge is -2.30. The minimum atomic E-state index is -0.903. The number of H-pyrrole nitrogens is 2. The molecule has 4 N–H and O–H groups in total. The van der Waals surface area contributed by atoms with Crippen molar-refractivity contribution in [2.45, 2.75) is 102 Å². The Bertz CT molecular complexity index is 2670. The Kier molecular flexibility index (Phi) is 13.5. The Morgan fingerprint density at radius 2 is 1.01 bits per heavy atom. The third kappa shape index (κ3) is 9.26. The molecule has 2 aliphatic heterocycles. The maximum absolute atomic E-state index is 13.9. The van der Waals surface area contributed by atoms with Crippen molar-refractivity contribution in [3.63, 3.8) is 0 Å². The average Bonchev–Trinajstić information content (AvgIpc) is 4.20. The summed E-state index contributed by atoms with van der Waals surface area (Å²) in [5, 5.41) is 5.33. The first kappa shape index (κ1) is 46.3. The number of nitrogens with one attached hydrogen (secondary N) is 4. The fourth-order valence-electron chi connectivity index (χ4n) is 10.2. The molecule has 4 aliphatic carbocycles. The number of hydrogen-bond acceptors (Lipinski definition) is 10. The van der Waals surface area contributed by atoms with Crippen LogP contribution in [0, 0.1) is 0 Å². The molecule has 16 heteroatoms. The first-order valence-electron chi connectivity index (χ1n) is 23.6. The van der Waals surface area contributed by atoms with Gasteiger partial charge >= 0.3 is 12.2 Å². The van der Waals surface area contributed by atoms with Gasteiger partial charge in [0.05, 0.1) is 60.6 Å². The van der Waals surface area contributed by atoms with Gasteiger partial charge in [0.2, 0.25) is 11.8 Å². The molecule has 6 aromatic rings. The molecular formula is C52H60N8O8. The summed E-state index contributed by atoms with van der Waals surface area (Å²) in [5.41, 5.74) is 13.0. The van der Waals surface area contributed by atoms with Gasteiger partial charge in [0, 0.05) is 27.3 Å². The molecule has 12 rings (SSSR count). The highest BCUT2D eigenvalue weighted by molar-refractivity contribution is 5.89. The maximum atomic E-state index is 13.9. The van der Waals surface area contributed by atoms with E-state index in [1.54, 1.807) is 23.6 Å². The smallest absolute Gasteiger partial charge is 0.407 e. The van der Waals surface area contributed by atoms with Crippen LogP contribution in [0.25, 0.3) is 44.3 Å². The molecule has 4 bridgehead atoms. The lowest BCUT2D eigenvalue weighted by molar-refractivity contribution is -0.138. The van der Waals surface area contributed by atoms with Gasteiger partial charge in [0.25, 0.3) is 0 Å². The third-order valence-electron chi connectivity index (χ3n) is 14.2. The zero-order chi connectivity index (χ0) is 47.6. The number of benzene rings is 4. The number of aromatic nitrogens is 4. The number of hydrogen-bond donors (Lipinski definition) is 4. The fraction of sp³-hybridized carbons (Fsp3) is 0.423. The molecule has 2 saturated heterocycles. The van der Waals surface area contributed by atoms with E-state index >= 15 is 0 Å². The molecule has 356 valence electrons. The zero-order valence-electron chi connectivity index (χ0n) is 39.5. The quantitative estimate of drug-likeness (QED) is 0.0955. The summed E-state index contributed by atoms with van der Waals surface area (Å²) >= 11 is 0. The molecule has 4 amide bonds. The minimum absolute atomic E-state index is 0.236. The molecule has 1 unspecified atom stereocenters. The van der Waals surface area contributed by atoms with Crippen molar-refractivity contribution in [1.82, 2.24) is 40.4 Å². The lowest BCUT2D eigenvalue weighted by atomic mass is 9.87. The second-order valence-corrected chi connectivity index (χ2v) is 18.2. The van der Waals surface area contributed by atoms with Gasteiger partial charge in [-0.1, -0.05) is 48.5 Å². The number of likely N-dealkylation sites (tertiary alicyclic amines) is 2. The first-order chi connectivity index (χ1) is 33.0. The largest absolute Gasteiger partial charge is 0.453 e. The molecule has 6 aliphatic rings. The van der Waals surface area contributed by atoms with Crippen LogP contribution in [-0.4, -0.2) is 120 Å². The van der Waals surface area contributed by atoms with E-state index in [-0.39, 0.29) is 23.9 Å². The predicted octanol–water partition coefficient (Wildman–Crippen LogP) is 7.50. The number of aromatic amines is 2. The van der Waals surface area contributed by atoms with Crippen LogP contribution in [0.2, 0.25) is 0 Å². The Balaban J connectivity index is 0.939. The second-order valence-electron chi connectivity index (χ2n) is 18.2. The van der Waals surface area contributed by atoms with E-state index in [9.17, 15) is 19.2 Å². The van der Waals surface area contributed by atoms with Crippen molar-refractivity contribution >= 4 is 46.1 Å². The number of fused-ring (bicyclic) bond motifs is 2. The second kappa shape index (κ2) is 19.8. The van der Waals surface area contributed by atoms with Crippen LogP contribution in [0.3, 0.4) is 0 Å². The van der Waals surface area contributed by atoms with Crippen LogP contribution >= 0.6 is 0 Å². The van der Waals surface area contributed by atoms with E-state index < -0.39 is 36.5 Å². The third-order valence-corrected chi connectivity index (χ3v) is 14.2. The number of methoxy groups -OCH3 is 4. The number of rotatable bonds is 12. The molecule has 2 aromatic heterocycles. The number of imidazole rings is 2. The highest BCUT2D eigenvalue weighted by Crippen LogP contribution is 2.37. The SMILES string of the molecule is COC(=O)NC(C(=O)N1CCC[C@H]1c1nc2cc(-c3cc4ccc3CCc3ccc(c(-c5ccc6[nH]c([C@@H]7CCCN7C(=O)[C@@H](NC(=O)OC)[C@@H](C)OC)nc6c5)c3)CC4)ccc2[nH]1)[C@@H](C)OC. The average molecular weight is 925 g/mol. The summed E-state index contributed by atoms with van der Waals surface area (Å²) in [4.78, 5) is 72.8. The van der Waals surface area contributed by atoms with Crippen molar-refractivity contribution in [2.24, 2.45) is 0 Å². The Morgan fingerprint density at radius 3 is 1.41 bits per heavy atom. The van der Waals surface area contributed by atoms with Crippen molar-refractivity contribution in [3.8, 4) is 22.3 Å². The molecule has 0 spiro atoms. The predicted molar refractivity (Wildman–Crippen MR) is 257 cm³/mol. The molecule has 4 heterocycles. The van der Waals surface area contributed by atoms with Crippen LogP contribution in [0.1, 0.15) is 85.5 Å². The van der Waals surface area contributed by atoms with Crippen LogP contribution in [-0.2, 0) is 54.2 Å². The summed E-state index contributed by atoms with van der Waals surface area (Å²) in [6.07, 6.45) is 4.00. The highest BCUT2D eigenvalue weighted by atomic mass is 16.5. The zero-order valence-corrected chi connectivity index (χ0v) is 39.5. The van der Waals surface area contributed by atoms with Crippen molar-refractivity contribution in [1.29, 1.82) is 0 Å². The van der Waals surface area contributed by atoms with E-state index in [2.05, 4.69) is 93.4 Å². The Morgan fingerprint density at radius 1 is 0.588 bits per heavy atom.